The second kappa shape index (κ2) is 5.13. The Labute approximate surface area is 93.8 Å². The molecule has 0 saturated heterocycles. The first kappa shape index (κ1) is 12.7. The largest absolute Gasteiger partial charge is 0.394 e. The van der Waals surface area contributed by atoms with Crippen molar-refractivity contribution in [2.45, 2.75) is 46.1 Å². The molecule has 2 N–H and O–H groups in total. The molecule has 2 heteroatoms. The molecule has 0 fully saturated rings. The van der Waals surface area contributed by atoms with Crippen LogP contribution in [0.3, 0.4) is 0 Å². The quantitative estimate of drug-likeness (QED) is 0.700. The number of rotatable bonds is 4. The number of hydrogen-bond acceptors (Lipinski definition) is 2. The third-order valence-corrected chi connectivity index (χ3v) is 3.56. The highest BCUT2D eigenvalue weighted by molar-refractivity contribution is 5.09. The molecule has 0 heterocycles. The fourth-order valence-electron chi connectivity index (χ4n) is 2.18. The summed E-state index contributed by atoms with van der Waals surface area (Å²) in [6, 6.07) is 0. The standard InChI is InChI=1S/C13H25NO/c1-10-6-5-7-11(2)12(10)8-14-13(3,4)9-15/h6,11-12,14-15H,5,7-9H2,1-4H3/t11-,12-/m1/s1. The molecule has 0 unspecified atom stereocenters. The van der Waals surface area contributed by atoms with Crippen molar-refractivity contribution in [3.05, 3.63) is 11.6 Å². The van der Waals surface area contributed by atoms with Gasteiger partial charge in [-0.3, -0.25) is 0 Å². The van der Waals surface area contributed by atoms with Crippen molar-refractivity contribution in [1.82, 2.24) is 5.32 Å². The Balaban J connectivity index is 2.50. The molecule has 0 aromatic rings. The molecule has 0 aromatic carbocycles. The lowest BCUT2D eigenvalue weighted by Gasteiger charge is -2.33. The second-order valence-electron chi connectivity index (χ2n) is 5.53. The van der Waals surface area contributed by atoms with E-state index in [1.54, 1.807) is 0 Å². The van der Waals surface area contributed by atoms with Gasteiger partial charge in [0.05, 0.1) is 6.61 Å². The van der Waals surface area contributed by atoms with Crippen molar-refractivity contribution in [2.75, 3.05) is 13.2 Å². The predicted molar refractivity (Wildman–Crippen MR) is 64.8 cm³/mol. The maximum Gasteiger partial charge on any atom is 0.0607 e. The molecule has 0 bridgehead atoms. The van der Waals surface area contributed by atoms with Gasteiger partial charge in [0.2, 0.25) is 0 Å². The Hall–Kier alpha value is -0.340. The van der Waals surface area contributed by atoms with Crippen LogP contribution in [0.5, 0.6) is 0 Å². The summed E-state index contributed by atoms with van der Waals surface area (Å²) in [5.74, 6) is 1.40. The van der Waals surface area contributed by atoms with E-state index in [0.29, 0.717) is 5.92 Å². The highest BCUT2D eigenvalue weighted by Gasteiger charge is 2.24. The Morgan fingerprint density at radius 2 is 2.20 bits per heavy atom. The van der Waals surface area contributed by atoms with Crippen LogP contribution in [-0.4, -0.2) is 23.8 Å². The topological polar surface area (TPSA) is 32.3 Å². The van der Waals surface area contributed by atoms with E-state index >= 15 is 0 Å². The molecule has 0 spiro atoms. The highest BCUT2D eigenvalue weighted by atomic mass is 16.3. The first-order chi connectivity index (χ1) is 6.96. The monoisotopic (exact) mass is 211 g/mol. The molecule has 0 saturated carbocycles. The van der Waals surface area contributed by atoms with Crippen LogP contribution >= 0.6 is 0 Å². The summed E-state index contributed by atoms with van der Waals surface area (Å²) in [5, 5.41) is 12.6. The molecule has 88 valence electrons. The summed E-state index contributed by atoms with van der Waals surface area (Å²) < 4.78 is 0. The van der Waals surface area contributed by atoms with Gasteiger partial charge in [0.15, 0.2) is 0 Å². The lowest BCUT2D eigenvalue weighted by Crippen LogP contribution is -2.46. The van der Waals surface area contributed by atoms with Crippen LogP contribution < -0.4 is 5.32 Å². The summed E-state index contributed by atoms with van der Waals surface area (Å²) in [6.07, 6.45) is 4.88. The van der Waals surface area contributed by atoms with E-state index in [9.17, 15) is 5.11 Å². The van der Waals surface area contributed by atoms with Gasteiger partial charge in [0.25, 0.3) is 0 Å². The molecule has 2 nitrogen and oxygen atoms in total. The first-order valence-corrected chi connectivity index (χ1v) is 5.99. The smallest absolute Gasteiger partial charge is 0.0607 e. The zero-order valence-corrected chi connectivity index (χ0v) is 10.5. The number of aliphatic hydroxyl groups is 1. The molecule has 1 rings (SSSR count). The van der Waals surface area contributed by atoms with Gasteiger partial charge in [-0.15, -0.1) is 0 Å². The Kier molecular flexibility index (Phi) is 4.35. The normalized spacial score (nSPS) is 27.7. The van der Waals surface area contributed by atoms with Gasteiger partial charge in [-0.1, -0.05) is 18.6 Å². The summed E-state index contributed by atoms with van der Waals surface area (Å²) >= 11 is 0. The first-order valence-electron chi connectivity index (χ1n) is 5.99. The van der Waals surface area contributed by atoms with Crippen molar-refractivity contribution in [3.63, 3.8) is 0 Å². The predicted octanol–water partition coefficient (Wildman–Crippen LogP) is 2.34. The molecule has 0 aromatic heterocycles. The van der Waals surface area contributed by atoms with Crippen molar-refractivity contribution in [2.24, 2.45) is 11.8 Å². The Morgan fingerprint density at radius 1 is 1.53 bits per heavy atom. The van der Waals surface area contributed by atoms with E-state index in [0.717, 1.165) is 12.5 Å². The Morgan fingerprint density at radius 3 is 2.73 bits per heavy atom. The third kappa shape index (κ3) is 3.62. The van der Waals surface area contributed by atoms with Crippen LogP contribution in [0.2, 0.25) is 0 Å². The average Bonchev–Trinajstić information content (AvgIpc) is 2.17. The van der Waals surface area contributed by atoms with E-state index in [1.807, 2.05) is 13.8 Å². The van der Waals surface area contributed by atoms with Crippen LogP contribution in [0.15, 0.2) is 11.6 Å². The van der Waals surface area contributed by atoms with E-state index in [4.69, 9.17) is 0 Å². The van der Waals surface area contributed by atoms with E-state index < -0.39 is 0 Å². The van der Waals surface area contributed by atoms with Gasteiger partial charge in [-0.2, -0.15) is 0 Å². The van der Waals surface area contributed by atoms with E-state index in [-0.39, 0.29) is 12.1 Å². The molecule has 2 atom stereocenters. The summed E-state index contributed by atoms with van der Waals surface area (Å²) in [7, 11) is 0. The zero-order chi connectivity index (χ0) is 11.5. The second-order valence-corrected chi connectivity index (χ2v) is 5.53. The lowest BCUT2D eigenvalue weighted by atomic mass is 9.80. The third-order valence-electron chi connectivity index (χ3n) is 3.56. The average molecular weight is 211 g/mol. The summed E-state index contributed by atoms with van der Waals surface area (Å²) in [5.41, 5.74) is 1.35. The van der Waals surface area contributed by atoms with Gasteiger partial charge < -0.3 is 10.4 Å². The number of aliphatic hydroxyl groups excluding tert-OH is 1. The van der Waals surface area contributed by atoms with Gasteiger partial charge in [0, 0.05) is 12.1 Å². The number of nitrogens with one attached hydrogen (secondary N) is 1. The van der Waals surface area contributed by atoms with Crippen LogP contribution in [-0.2, 0) is 0 Å². The number of hydrogen-bond donors (Lipinski definition) is 2. The summed E-state index contributed by atoms with van der Waals surface area (Å²) in [6.45, 7) is 9.82. The van der Waals surface area contributed by atoms with Crippen LogP contribution in [0.25, 0.3) is 0 Å². The van der Waals surface area contributed by atoms with E-state index in [2.05, 4.69) is 25.2 Å². The van der Waals surface area contributed by atoms with Crippen LogP contribution in [0, 0.1) is 11.8 Å². The van der Waals surface area contributed by atoms with Crippen LogP contribution in [0.4, 0.5) is 0 Å². The van der Waals surface area contributed by atoms with Crippen molar-refractivity contribution >= 4 is 0 Å². The highest BCUT2D eigenvalue weighted by Crippen LogP contribution is 2.29. The maximum absolute atomic E-state index is 9.18. The van der Waals surface area contributed by atoms with Gasteiger partial charge >= 0.3 is 0 Å². The SMILES string of the molecule is CC1=CCC[C@@H](C)[C@@H]1CNC(C)(C)CO. The minimum atomic E-state index is -0.155. The van der Waals surface area contributed by atoms with Crippen LogP contribution in [0.1, 0.15) is 40.5 Å². The molecule has 1 aliphatic rings. The van der Waals surface area contributed by atoms with Crippen molar-refractivity contribution < 1.29 is 5.11 Å². The molecule has 0 aliphatic heterocycles. The van der Waals surface area contributed by atoms with Crippen molar-refractivity contribution in [3.8, 4) is 0 Å². The Bertz CT molecular complexity index is 233. The lowest BCUT2D eigenvalue weighted by molar-refractivity contribution is 0.178. The molecular weight excluding hydrogens is 186 g/mol. The van der Waals surface area contributed by atoms with Gasteiger partial charge in [-0.25, -0.2) is 0 Å². The molecule has 1 aliphatic carbocycles. The molecule has 0 radical (unpaired) electrons. The molecular formula is C13H25NO. The number of allylic oxidation sites excluding steroid dienone is 1. The van der Waals surface area contributed by atoms with Crippen molar-refractivity contribution in [1.29, 1.82) is 0 Å². The summed E-state index contributed by atoms with van der Waals surface area (Å²) in [4.78, 5) is 0. The minimum absolute atomic E-state index is 0.155. The van der Waals surface area contributed by atoms with E-state index in [1.165, 1.54) is 18.4 Å². The zero-order valence-electron chi connectivity index (χ0n) is 10.5. The molecule has 0 amide bonds. The fourth-order valence-corrected chi connectivity index (χ4v) is 2.18. The molecule has 15 heavy (non-hydrogen) atoms. The van der Waals surface area contributed by atoms with Gasteiger partial charge in [0.1, 0.15) is 0 Å². The van der Waals surface area contributed by atoms with Gasteiger partial charge in [-0.05, 0) is 45.4 Å². The fraction of sp³-hybridized carbons (Fsp3) is 0.846. The maximum atomic E-state index is 9.18. The minimum Gasteiger partial charge on any atom is -0.394 e.